The van der Waals surface area contributed by atoms with Crippen LogP contribution in [-0.2, 0) is 19.2 Å². The van der Waals surface area contributed by atoms with Gasteiger partial charge in [0, 0.05) is 12.6 Å². The quantitative estimate of drug-likeness (QED) is 0.502. The van der Waals surface area contributed by atoms with E-state index in [0.717, 1.165) is 18.4 Å². The largest absolute Gasteiger partial charge is 0.347 e. The van der Waals surface area contributed by atoms with Gasteiger partial charge in [0.15, 0.2) is 0 Å². The predicted molar refractivity (Wildman–Crippen MR) is 133 cm³/mol. The van der Waals surface area contributed by atoms with Crippen molar-refractivity contribution in [1.29, 1.82) is 0 Å². The van der Waals surface area contributed by atoms with Gasteiger partial charge in [-0.25, -0.2) is 0 Å². The molecule has 5 atom stereocenters. The molecule has 4 rings (SSSR count). The number of rotatable bonds is 10. The van der Waals surface area contributed by atoms with Crippen LogP contribution in [0.2, 0.25) is 0 Å². The van der Waals surface area contributed by atoms with Crippen LogP contribution in [0.4, 0.5) is 0 Å². The summed E-state index contributed by atoms with van der Waals surface area (Å²) in [5, 5.41) is 5.61. The maximum atomic E-state index is 13.9. The van der Waals surface area contributed by atoms with Gasteiger partial charge in [0.25, 0.3) is 5.91 Å². The molecule has 3 aliphatic rings. The van der Waals surface area contributed by atoms with E-state index in [4.69, 9.17) is 0 Å². The third kappa shape index (κ3) is 5.00. The average molecular weight is 482 g/mol. The van der Waals surface area contributed by atoms with E-state index in [1.165, 1.54) is 0 Å². The number of nitrogens with one attached hydrogen (secondary N) is 2. The van der Waals surface area contributed by atoms with Crippen molar-refractivity contribution in [1.82, 2.24) is 15.5 Å². The van der Waals surface area contributed by atoms with Crippen molar-refractivity contribution in [3.63, 3.8) is 0 Å². The first-order valence-electron chi connectivity index (χ1n) is 13.1. The number of carbonyl (C=O) groups excluding carboxylic acids is 4. The van der Waals surface area contributed by atoms with Gasteiger partial charge in [-0.05, 0) is 48.0 Å². The Morgan fingerprint density at radius 2 is 1.74 bits per heavy atom. The Morgan fingerprint density at radius 3 is 2.31 bits per heavy atom. The molecule has 2 unspecified atom stereocenters. The molecule has 1 aromatic carbocycles. The van der Waals surface area contributed by atoms with E-state index in [1.54, 1.807) is 4.90 Å². The molecule has 0 radical (unpaired) electrons. The van der Waals surface area contributed by atoms with Crippen LogP contribution >= 0.6 is 0 Å². The molecule has 3 fully saturated rings. The van der Waals surface area contributed by atoms with Crippen molar-refractivity contribution in [3.8, 4) is 0 Å². The maximum Gasteiger partial charge on any atom is 0.289 e. The first-order chi connectivity index (χ1) is 16.6. The molecule has 1 aromatic rings. The molecule has 0 spiro atoms. The highest BCUT2D eigenvalue weighted by Crippen LogP contribution is 2.65. The number of Topliss-reactive ketones (excluding diaryl/α,β-unsaturated/α-hetero) is 1. The van der Waals surface area contributed by atoms with Gasteiger partial charge < -0.3 is 15.5 Å². The Labute approximate surface area is 208 Å². The van der Waals surface area contributed by atoms with Crippen LogP contribution in [0.5, 0.6) is 0 Å². The number of fused-ring (bicyclic) bond motifs is 1. The van der Waals surface area contributed by atoms with Gasteiger partial charge in [0.05, 0.1) is 12.0 Å². The van der Waals surface area contributed by atoms with Crippen LogP contribution in [0, 0.1) is 23.2 Å². The summed E-state index contributed by atoms with van der Waals surface area (Å²) in [6.07, 6.45) is 2.82. The minimum Gasteiger partial charge on any atom is -0.347 e. The van der Waals surface area contributed by atoms with Crippen LogP contribution in [0.3, 0.4) is 0 Å². The lowest BCUT2D eigenvalue weighted by Gasteiger charge is -2.34. The first kappa shape index (κ1) is 25.4. The van der Waals surface area contributed by atoms with Gasteiger partial charge in [-0.3, -0.25) is 19.2 Å². The number of amides is 3. The van der Waals surface area contributed by atoms with Crippen molar-refractivity contribution >= 4 is 23.5 Å². The summed E-state index contributed by atoms with van der Waals surface area (Å²) in [4.78, 5) is 54.6. The summed E-state index contributed by atoms with van der Waals surface area (Å²) < 4.78 is 0. The molecule has 7 nitrogen and oxygen atoms in total. The lowest BCUT2D eigenvalue weighted by atomic mass is 9.86. The fourth-order valence-electron chi connectivity index (χ4n) is 5.92. The zero-order valence-corrected chi connectivity index (χ0v) is 21.5. The summed E-state index contributed by atoms with van der Waals surface area (Å²) >= 11 is 0. The summed E-state index contributed by atoms with van der Waals surface area (Å²) in [6, 6.07) is 8.29. The van der Waals surface area contributed by atoms with E-state index >= 15 is 0 Å². The molecule has 2 saturated carbocycles. The number of hydrogen-bond donors (Lipinski definition) is 2. The highest BCUT2D eigenvalue weighted by Gasteiger charge is 2.69. The van der Waals surface area contributed by atoms with Crippen LogP contribution < -0.4 is 10.6 Å². The number of benzene rings is 1. The monoisotopic (exact) mass is 481 g/mol. The van der Waals surface area contributed by atoms with E-state index in [1.807, 2.05) is 51.1 Å². The van der Waals surface area contributed by atoms with Gasteiger partial charge in [-0.1, -0.05) is 71.4 Å². The van der Waals surface area contributed by atoms with E-state index in [-0.39, 0.29) is 46.9 Å². The normalized spacial score (nSPS) is 26.0. The van der Waals surface area contributed by atoms with Gasteiger partial charge in [-0.15, -0.1) is 0 Å². The zero-order valence-electron chi connectivity index (χ0n) is 21.5. The number of likely N-dealkylation sites (tertiary alicyclic amines) is 1. The Bertz CT molecular complexity index is 985. The second-order valence-corrected chi connectivity index (χ2v) is 11.5. The fraction of sp³-hybridized carbons (Fsp3) is 0.643. The minimum absolute atomic E-state index is 0.0352. The fourth-order valence-corrected chi connectivity index (χ4v) is 5.92. The highest BCUT2D eigenvalue weighted by molar-refractivity contribution is 6.38. The van der Waals surface area contributed by atoms with E-state index in [2.05, 4.69) is 24.5 Å². The van der Waals surface area contributed by atoms with E-state index < -0.39 is 23.8 Å². The SMILES string of the molecule is CCC[C@@H](NC(=O)C1C2[C@H](CN1C(=O)[C@@H](c1ccccc1)C(C)C)C2(C)C)C(=O)C(=O)NC1CC1. The van der Waals surface area contributed by atoms with Gasteiger partial charge in [0.1, 0.15) is 6.04 Å². The number of ketones is 1. The van der Waals surface area contributed by atoms with Crippen molar-refractivity contribution in [2.24, 2.45) is 23.2 Å². The van der Waals surface area contributed by atoms with Gasteiger partial charge in [-0.2, -0.15) is 0 Å². The molecule has 3 amide bonds. The summed E-state index contributed by atoms with van der Waals surface area (Å²) in [5.74, 6) is -1.56. The zero-order chi connectivity index (χ0) is 25.5. The molecule has 190 valence electrons. The standard InChI is InChI=1S/C28H39N3O4/c1-6-10-20(24(32)26(34)29-18-13-14-18)30-25(33)23-22-19(28(22,4)5)15-31(23)27(35)21(16(2)3)17-11-8-7-9-12-17/h7-9,11-12,16,18-23H,6,10,13-15H2,1-5H3,(H,29,34)(H,30,33)/t19-,20+,21+,22?,23?/m0/s1. The highest BCUT2D eigenvalue weighted by atomic mass is 16.2. The predicted octanol–water partition coefficient (Wildman–Crippen LogP) is 3.04. The smallest absolute Gasteiger partial charge is 0.289 e. The third-order valence-corrected chi connectivity index (χ3v) is 8.20. The maximum absolute atomic E-state index is 13.9. The lowest BCUT2D eigenvalue weighted by Crippen LogP contribution is -2.56. The molecule has 1 heterocycles. The molecule has 0 bridgehead atoms. The van der Waals surface area contributed by atoms with Crippen molar-refractivity contribution in [2.45, 2.75) is 84.3 Å². The van der Waals surface area contributed by atoms with E-state index in [0.29, 0.717) is 19.4 Å². The molecule has 7 heteroatoms. The molecule has 2 aliphatic carbocycles. The second-order valence-electron chi connectivity index (χ2n) is 11.5. The lowest BCUT2D eigenvalue weighted by molar-refractivity contribution is -0.144. The Hall–Kier alpha value is -2.70. The first-order valence-corrected chi connectivity index (χ1v) is 13.1. The summed E-state index contributed by atoms with van der Waals surface area (Å²) in [6.45, 7) is 10.8. The topological polar surface area (TPSA) is 95.6 Å². The summed E-state index contributed by atoms with van der Waals surface area (Å²) in [5.41, 5.74) is 0.911. The van der Waals surface area contributed by atoms with Crippen LogP contribution in [0.15, 0.2) is 30.3 Å². The molecular weight excluding hydrogens is 442 g/mol. The van der Waals surface area contributed by atoms with Crippen molar-refractivity contribution < 1.29 is 19.2 Å². The third-order valence-electron chi connectivity index (χ3n) is 8.20. The van der Waals surface area contributed by atoms with E-state index in [9.17, 15) is 19.2 Å². The summed E-state index contributed by atoms with van der Waals surface area (Å²) in [7, 11) is 0. The Kier molecular flexibility index (Phi) is 7.07. The molecule has 1 aliphatic heterocycles. The molecule has 2 N–H and O–H groups in total. The molecule has 1 saturated heterocycles. The molecular formula is C28H39N3O4. The Morgan fingerprint density at radius 1 is 1.09 bits per heavy atom. The molecule has 0 aromatic heterocycles. The number of piperidine rings is 1. The minimum atomic E-state index is -0.876. The average Bonchev–Trinajstić information content (AvgIpc) is 3.65. The van der Waals surface area contributed by atoms with Gasteiger partial charge in [0.2, 0.25) is 17.6 Å². The van der Waals surface area contributed by atoms with Crippen molar-refractivity contribution in [2.75, 3.05) is 6.54 Å². The van der Waals surface area contributed by atoms with Crippen LogP contribution in [-0.4, -0.2) is 53.1 Å². The van der Waals surface area contributed by atoms with Crippen LogP contribution in [0.25, 0.3) is 0 Å². The number of carbonyl (C=O) groups is 4. The number of nitrogens with zero attached hydrogens (tertiary/aromatic N) is 1. The number of hydrogen-bond acceptors (Lipinski definition) is 4. The second kappa shape index (κ2) is 9.75. The van der Waals surface area contributed by atoms with Crippen LogP contribution in [0.1, 0.15) is 71.8 Å². The molecule has 35 heavy (non-hydrogen) atoms. The van der Waals surface area contributed by atoms with Gasteiger partial charge >= 0.3 is 0 Å². The van der Waals surface area contributed by atoms with Crippen molar-refractivity contribution in [3.05, 3.63) is 35.9 Å². The Balaban J connectivity index is 1.55.